The summed E-state index contributed by atoms with van der Waals surface area (Å²) in [5.74, 6) is -0.394. The standard InChI is InChI=1S/C13H18N6O3/c1-4-17-10(3)11(8-14-17)15-13(20)5-6-18-9(2)7-12(16-18)19(21)22/h7-8H,4-6H2,1-3H3,(H,15,20). The van der Waals surface area contributed by atoms with Crippen LogP contribution in [0.3, 0.4) is 0 Å². The second-order valence-corrected chi connectivity index (χ2v) is 4.88. The number of aryl methyl sites for hydroxylation is 3. The molecule has 2 aromatic heterocycles. The molecule has 0 unspecified atom stereocenters. The minimum Gasteiger partial charge on any atom is -0.358 e. The average Bonchev–Trinajstić information content (AvgIpc) is 3.01. The van der Waals surface area contributed by atoms with Crippen LogP contribution >= 0.6 is 0 Å². The number of carbonyl (C=O) groups is 1. The number of aromatic nitrogens is 4. The Bertz CT molecular complexity index is 703. The van der Waals surface area contributed by atoms with Crippen LogP contribution in [0.15, 0.2) is 12.3 Å². The molecule has 1 amide bonds. The van der Waals surface area contributed by atoms with Gasteiger partial charge in [0.1, 0.15) is 0 Å². The van der Waals surface area contributed by atoms with Crippen molar-refractivity contribution in [1.29, 1.82) is 0 Å². The topological polar surface area (TPSA) is 108 Å². The molecule has 0 radical (unpaired) electrons. The van der Waals surface area contributed by atoms with Gasteiger partial charge in [-0.1, -0.05) is 0 Å². The second kappa shape index (κ2) is 6.37. The van der Waals surface area contributed by atoms with Crippen molar-refractivity contribution < 1.29 is 9.72 Å². The zero-order valence-electron chi connectivity index (χ0n) is 12.7. The van der Waals surface area contributed by atoms with Crippen LogP contribution in [0.5, 0.6) is 0 Å². The molecule has 0 aliphatic rings. The van der Waals surface area contributed by atoms with Crippen LogP contribution in [0.1, 0.15) is 24.7 Å². The Kier molecular flexibility index (Phi) is 4.54. The molecule has 0 atom stereocenters. The van der Waals surface area contributed by atoms with Gasteiger partial charge >= 0.3 is 5.82 Å². The molecule has 0 aromatic carbocycles. The number of carbonyl (C=O) groups excluding carboxylic acids is 1. The SMILES string of the molecule is CCn1ncc(NC(=O)CCn2nc([N+](=O)[O-])cc2C)c1C. The molecule has 0 bridgehead atoms. The smallest absolute Gasteiger partial charge is 0.358 e. The van der Waals surface area contributed by atoms with Crippen molar-refractivity contribution in [2.24, 2.45) is 0 Å². The highest BCUT2D eigenvalue weighted by Crippen LogP contribution is 2.14. The van der Waals surface area contributed by atoms with Crippen LogP contribution in [-0.2, 0) is 17.9 Å². The summed E-state index contributed by atoms with van der Waals surface area (Å²) >= 11 is 0. The Morgan fingerprint density at radius 2 is 2.14 bits per heavy atom. The van der Waals surface area contributed by atoms with E-state index < -0.39 is 4.92 Å². The van der Waals surface area contributed by atoms with Gasteiger partial charge in [-0.25, -0.2) is 0 Å². The lowest BCUT2D eigenvalue weighted by molar-refractivity contribution is -0.389. The first-order valence-corrected chi connectivity index (χ1v) is 6.93. The molecular formula is C13H18N6O3. The Labute approximate surface area is 127 Å². The van der Waals surface area contributed by atoms with E-state index in [1.54, 1.807) is 17.8 Å². The lowest BCUT2D eigenvalue weighted by Gasteiger charge is -2.05. The van der Waals surface area contributed by atoms with Gasteiger partial charge < -0.3 is 15.4 Å². The van der Waals surface area contributed by atoms with Gasteiger partial charge in [-0.2, -0.15) is 9.78 Å². The van der Waals surface area contributed by atoms with Crippen molar-refractivity contribution in [2.75, 3.05) is 5.32 Å². The zero-order chi connectivity index (χ0) is 16.3. The molecule has 0 aliphatic heterocycles. The summed E-state index contributed by atoms with van der Waals surface area (Å²) < 4.78 is 3.25. The molecule has 2 heterocycles. The normalized spacial score (nSPS) is 10.7. The maximum atomic E-state index is 12.0. The summed E-state index contributed by atoms with van der Waals surface area (Å²) in [4.78, 5) is 22.1. The fourth-order valence-corrected chi connectivity index (χ4v) is 2.12. The number of nitrogens with zero attached hydrogens (tertiary/aromatic N) is 5. The summed E-state index contributed by atoms with van der Waals surface area (Å²) in [7, 11) is 0. The Morgan fingerprint density at radius 3 is 2.68 bits per heavy atom. The quantitative estimate of drug-likeness (QED) is 0.645. The van der Waals surface area contributed by atoms with E-state index in [9.17, 15) is 14.9 Å². The third-order valence-electron chi connectivity index (χ3n) is 3.38. The minimum atomic E-state index is -0.550. The van der Waals surface area contributed by atoms with Gasteiger partial charge in [0.05, 0.1) is 41.0 Å². The zero-order valence-corrected chi connectivity index (χ0v) is 12.7. The van der Waals surface area contributed by atoms with E-state index in [0.717, 1.165) is 12.2 Å². The van der Waals surface area contributed by atoms with Crippen LogP contribution in [0.25, 0.3) is 0 Å². The highest BCUT2D eigenvalue weighted by Gasteiger charge is 2.16. The lowest BCUT2D eigenvalue weighted by atomic mass is 10.3. The average molecular weight is 306 g/mol. The van der Waals surface area contributed by atoms with Gasteiger partial charge in [0.2, 0.25) is 5.91 Å². The molecule has 0 spiro atoms. The highest BCUT2D eigenvalue weighted by atomic mass is 16.6. The molecule has 0 saturated carbocycles. The Morgan fingerprint density at radius 1 is 1.41 bits per heavy atom. The number of hydrogen-bond donors (Lipinski definition) is 1. The van der Waals surface area contributed by atoms with E-state index in [0.29, 0.717) is 11.4 Å². The third kappa shape index (κ3) is 3.30. The van der Waals surface area contributed by atoms with Crippen LogP contribution in [0.4, 0.5) is 11.5 Å². The van der Waals surface area contributed by atoms with Gasteiger partial charge in [-0.3, -0.25) is 9.48 Å². The first-order valence-electron chi connectivity index (χ1n) is 6.93. The predicted molar refractivity (Wildman–Crippen MR) is 79.5 cm³/mol. The molecule has 1 N–H and O–H groups in total. The fourth-order valence-electron chi connectivity index (χ4n) is 2.12. The Balaban J connectivity index is 1.95. The van der Waals surface area contributed by atoms with Crippen molar-refractivity contribution in [3.8, 4) is 0 Å². The number of nitrogens with one attached hydrogen (secondary N) is 1. The maximum absolute atomic E-state index is 12.0. The molecule has 2 rings (SSSR count). The van der Waals surface area contributed by atoms with E-state index in [2.05, 4.69) is 15.5 Å². The summed E-state index contributed by atoms with van der Waals surface area (Å²) in [6, 6.07) is 1.38. The van der Waals surface area contributed by atoms with Crippen molar-refractivity contribution in [1.82, 2.24) is 19.6 Å². The van der Waals surface area contributed by atoms with Crippen molar-refractivity contribution in [3.05, 3.63) is 33.8 Å². The molecule has 22 heavy (non-hydrogen) atoms. The van der Waals surface area contributed by atoms with E-state index in [1.165, 1.54) is 10.7 Å². The van der Waals surface area contributed by atoms with Crippen LogP contribution in [-0.4, -0.2) is 30.4 Å². The van der Waals surface area contributed by atoms with Gasteiger partial charge in [0, 0.05) is 13.0 Å². The second-order valence-electron chi connectivity index (χ2n) is 4.88. The molecule has 0 saturated heterocycles. The first kappa shape index (κ1) is 15.7. The van der Waals surface area contributed by atoms with Crippen molar-refractivity contribution in [3.63, 3.8) is 0 Å². The lowest BCUT2D eigenvalue weighted by Crippen LogP contribution is -2.16. The van der Waals surface area contributed by atoms with Crippen molar-refractivity contribution in [2.45, 2.75) is 40.3 Å². The number of rotatable bonds is 6. The van der Waals surface area contributed by atoms with Crippen LogP contribution in [0.2, 0.25) is 0 Å². The molecule has 9 heteroatoms. The maximum Gasteiger partial charge on any atom is 0.390 e. The molecule has 118 valence electrons. The summed E-state index contributed by atoms with van der Waals surface area (Å²) in [5, 5.41) is 21.4. The number of hydrogen-bond acceptors (Lipinski definition) is 5. The van der Waals surface area contributed by atoms with Gasteiger partial charge in [0.15, 0.2) is 0 Å². The summed E-state index contributed by atoms with van der Waals surface area (Å²) in [5.41, 5.74) is 2.21. The third-order valence-corrected chi connectivity index (χ3v) is 3.38. The minimum absolute atomic E-state index is 0.177. The van der Waals surface area contributed by atoms with E-state index >= 15 is 0 Å². The van der Waals surface area contributed by atoms with Crippen LogP contribution < -0.4 is 5.32 Å². The van der Waals surface area contributed by atoms with E-state index in [-0.39, 0.29) is 24.7 Å². The fraction of sp³-hybridized carbons (Fsp3) is 0.462. The summed E-state index contributed by atoms with van der Waals surface area (Å²) in [6.45, 7) is 6.59. The molecular weight excluding hydrogens is 288 g/mol. The number of nitro groups is 1. The monoisotopic (exact) mass is 306 g/mol. The van der Waals surface area contributed by atoms with E-state index in [1.807, 2.05) is 13.8 Å². The molecule has 2 aromatic rings. The Hall–Kier alpha value is -2.71. The number of amides is 1. The number of anilines is 1. The molecule has 0 fully saturated rings. The largest absolute Gasteiger partial charge is 0.390 e. The van der Waals surface area contributed by atoms with Gasteiger partial charge in [0.25, 0.3) is 0 Å². The van der Waals surface area contributed by atoms with E-state index in [4.69, 9.17) is 0 Å². The van der Waals surface area contributed by atoms with Crippen molar-refractivity contribution >= 4 is 17.4 Å². The van der Waals surface area contributed by atoms with Gasteiger partial charge in [-0.05, 0) is 25.7 Å². The summed E-state index contributed by atoms with van der Waals surface area (Å²) in [6.07, 6.45) is 1.79. The molecule has 0 aliphatic carbocycles. The first-order chi connectivity index (χ1) is 10.4. The molecule has 9 nitrogen and oxygen atoms in total. The predicted octanol–water partition coefficient (Wildman–Crippen LogP) is 1.65. The highest BCUT2D eigenvalue weighted by molar-refractivity contribution is 5.91. The van der Waals surface area contributed by atoms with Crippen LogP contribution in [0, 0.1) is 24.0 Å². The van der Waals surface area contributed by atoms with Gasteiger partial charge in [-0.15, -0.1) is 0 Å².